The first-order valence-corrected chi connectivity index (χ1v) is 7.83. The molecule has 1 amide bonds. The number of pyridine rings is 1. The number of carbonyl (C=O) groups is 1. The maximum atomic E-state index is 12.7. The number of hydrogen-bond acceptors (Lipinski definition) is 4. The largest absolute Gasteiger partial charge is 0.350 e. The average Bonchev–Trinajstić information content (AvgIpc) is 2.63. The number of nitrogens with one attached hydrogen (secondary N) is 1. The predicted octanol–water partition coefficient (Wildman–Crippen LogP) is 1.87. The monoisotopic (exact) mass is 322 g/mol. The Bertz CT molecular complexity index is 919. The molecule has 0 aliphatic rings. The summed E-state index contributed by atoms with van der Waals surface area (Å²) < 4.78 is 1.42. The van der Waals surface area contributed by atoms with Gasteiger partial charge in [-0.2, -0.15) is 5.10 Å². The van der Waals surface area contributed by atoms with Crippen LogP contribution < -0.4 is 10.9 Å². The minimum atomic E-state index is -0.153. The molecule has 3 aromatic rings. The van der Waals surface area contributed by atoms with Crippen molar-refractivity contribution in [1.82, 2.24) is 20.1 Å². The number of benzene rings is 1. The molecular formula is C18H18N4O2. The maximum Gasteiger partial charge on any atom is 0.274 e. The van der Waals surface area contributed by atoms with Crippen molar-refractivity contribution in [2.75, 3.05) is 0 Å². The van der Waals surface area contributed by atoms with Gasteiger partial charge in [-0.3, -0.25) is 14.6 Å². The van der Waals surface area contributed by atoms with Crippen molar-refractivity contribution in [3.8, 4) is 0 Å². The van der Waals surface area contributed by atoms with Gasteiger partial charge in [-0.25, -0.2) is 4.68 Å². The summed E-state index contributed by atoms with van der Waals surface area (Å²) in [7, 11) is 0. The number of rotatable bonds is 5. The number of amides is 1. The normalized spacial score (nSPS) is 10.7. The highest BCUT2D eigenvalue weighted by atomic mass is 16.1. The number of carbonyl (C=O) groups excluding carboxylic acids is 1. The van der Waals surface area contributed by atoms with E-state index in [-0.39, 0.29) is 11.5 Å². The molecule has 2 heterocycles. The molecule has 2 aromatic heterocycles. The van der Waals surface area contributed by atoms with Crippen LogP contribution in [0.4, 0.5) is 0 Å². The van der Waals surface area contributed by atoms with Gasteiger partial charge >= 0.3 is 0 Å². The van der Waals surface area contributed by atoms with Gasteiger partial charge < -0.3 is 5.32 Å². The van der Waals surface area contributed by atoms with E-state index in [1.165, 1.54) is 4.68 Å². The van der Waals surface area contributed by atoms with Crippen molar-refractivity contribution in [2.45, 2.75) is 26.4 Å². The van der Waals surface area contributed by atoms with Crippen molar-refractivity contribution in [3.63, 3.8) is 0 Å². The second-order valence-corrected chi connectivity index (χ2v) is 5.45. The molecule has 0 saturated carbocycles. The molecule has 0 fully saturated rings. The summed E-state index contributed by atoms with van der Waals surface area (Å²) in [4.78, 5) is 28.3. The molecule has 0 radical (unpaired) electrons. The highest BCUT2D eigenvalue weighted by molar-refractivity contribution is 5.84. The van der Waals surface area contributed by atoms with Gasteiger partial charge in [-0.05, 0) is 17.7 Å². The fraction of sp³-hybridized carbons (Fsp3) is 0.222. The Morgan fingerprint density at radius 3 is 2.67 bits per heavy atom. The molecular weight excluding hydrogens is 304 g/mol. The first kappa shape index (κ1) is 15.9. The zero-order valence-electron chi connectivity index (χ0n) is 13.4. The molecule has 0 aliphatic carbocycles. The van der Waals surface area contributed by atoms with Crippen LogP contribution in [-0.2, 0) is 17.9 Å². The van der Waals surface area contributed by atoms with Gasteiger partial charge in [0.05, 0.1) is 24.2 Å². The Morgan fingerprint density at radius 1 is 1.17 bits per heavy atom. The van der Waals surface area contributed by atoms with E-state index in [0.29, 0.717) is 30.6 Å². The number of hydrogen-bond donors (Lipinski definition) is 1. The summed E-state index contributed by atoms with van der Waals surface area (Å²) in [5.41, 5.74) is 1.42. The van der Waals surface area contributed by atoms with Crippen molar-refractivity contribution in [3.05, 3.63) is 70.4 Å². The third-order valence-electron chi connectivity index (χ3n) is 3.77. The lowest BCUT2D eigenvalue weighted by molar-refractivity contribution is -0.120. The van der Waals surface area contributed by atoms with Gasteiger partial charge in [0.2, 0.25) is 5.91 Å². The van der Waals surface area contributed by atoms with Crippen LogP contribution in [0.1, 0.15) is 24.6 Å². The van der Waals surface area contributed by atoms with Crippen LogP contribution in [0.15, 0.2) is 53.6 Å². The molecule has 122 valence electrons. The van der Waals surface area contributed by atoms with Crippen molar-refractivity contribution in [1.29, 1.82) is 0 Å². The molecule has 0 spiro atoms. The lowest BCUT2D eigenvalue weighted by Gasteiger charge is -2.11. The summed E-state index contributed by atoms with van der Waals surface area (Å²) in [5, 5.41) is 8.65. The van der Waals surface area contributed by atoms with E-state index in [1.54, 1.807) is 25.4 Å². The molecule has 6 nitrogen and oxygen atoms in total. The van der Waals surface area contributed by atoms with E-state index >= 15 is 0 Å². The van der Waals surface area contributed by atoms with Crippen molar-refractivity contribution < 1.29 is 4.79 Å². The Morgan fingerprint density at radius 2 is 1.96 bits per heavy atom. The van der Waals surface area contributed by atoms with Gasteiger partial charge in [0.15, 0.2) is 0 Å². The molecule has 6 heteroatoms. The molecule has 1 aromatic carbocycles. The standard InChI is InChI=1S/C18H18N4O2/c1-2-17(23)20-11-16-14-7-3-4-8-15(14)18(24)22(21-16)12-13-6-5-9-19-10-13/h3-10H,2,11-12H2,1H3,(H,20,23). The van der Waals surface area contributed by atoms with E-state index in [1.807, 2.05) is 30.3 Å². The van der Waals surface area contributed by atoms with Crippen LogP contribution in [0.25, 0.3) is 10.8 Å². The van der Waals surface area contributed by atoms with E-state index in [0.717, 1.165) is 10.9 Å². The highest BCUT2D eigenvalue weighted by Gasteiger charge is 2.11. The molecule has 0 aliphatic heterocycles. The number of fused-ring (bicyclic) bond motifs is 1. The van der Waals surface area contributed by atoms with E-state index in [9.17, 15) is 9.59 Å². The molecule has 0 saturated heterocycles. The summed E-state index contributed by atoms with van der Waals surface area (Å²) >= 11 is 0. The first-order valence-electron chi connectivity index (χ1n) is 7.83. The summed E-state index contributed by atoms with van der Waals surface area (Å²) in [6, 6.07) is 11.0. The van der Waals surface area contributed by atoms with Crippen LogP contribution in [0, 0.1) is 0 Å². The lowest BCUT2D eigenvalue weighted by Crippen LogP contribution is -2.28. The Kier molecular flexibility index (Phi) is 4.65. The van der Waals surface area contributed by atoms with Gasteiger partial charge in [0.25, 0.3) is 5.56 Å². The van der Waals surface area contributed by atoms with Crippen molar-refractivity contribution >= 4 is 16.7 Å². The summed E-state index contributed by atoms with van der Waals surface area (Å²) in [6.07, 6.45) is 3.81. The fourth-order valence-electron chi connectivity index (χ4n) is 2.51. The molecule has 0 bridgehead atoms. The van der Waals surface area contributed by atoms with Crippen LogP contribution in [0.3, 0.4) is 0 Å². The highest BCUT2D eigenvalue weighted by Crippen LogP contribution is 2.13. The second kappa shape index (κ2) is 7.04. The summed E-state index contributed by atoms with van der Waals surface area (Å²) in [6.45, 7) is 2.43. The number of nitrogens with zero attached hydrogens (tertiary/aromatic N) is 3. The molecule has 3 rings (SSSR count). The minimum Gasteiger partial charge on any atom is -0.350 e. The van der Waals surface area contributed by atoms with Crippen LogP contribution >= 0.6 is 0 Å². The zero-order chi connectivity index (χ0) is 16.9. The molecule has 1 N–H and O–H groups in total. The van der Waals surface area contributed by atoms with Crippen LogP contribution in [-0.4, -0.2) is 20.7 Å². The quantitative estimate of drug-likeness (QED) is 0.778. The smallest absolute Gasteiger partial charge is 0.274 e. The topological polar surface area (TPSA) is 76.9 Å². The Hall–Kier alpha value is -3.02. The average molecular weight is 322 g/mol. The Balaban J connectivity index is 2.04. The second-order valence-electron chi connectivity index (χ2n) is 5.45. The molecule has 0 atom stereocenters. The predicted molar refractivity (Wildman–Crippen MR) is 91.5 cm³/mol. The minimum absolute atomic E-state index is 0.0501. The van der Waals surface area contributed by atoms with Gasteiger partial charge in [-0.15, -0.1) is 0 Å². The lowest BCUT2D eigenvalue weighted by atomic mass is 10.1. The number of aromatic nitrogens is 3. The van der Waals surface area contributed by atoms with E-state index in [4.69, 9.17) is 0 Å². The van der Waals surface area contributed by atoms with Gasteiger partial charge in [0.1, 0.15) is 0 Å². The zero-order valence-corrected chi connectivity index (χ0v) is 13.4. The van der Waals surface area contributed by atoms with Gasteiger partial charge in [0, 0.05) is 24.2 Å². The maximum absolute atomic E-state index is 12.7. The Labute approximate surface area is 139 Å². The first-order chi connectivity index (χ1) is 11.7. The SMILES string of the molecule is CCC(=O)NCc1nn(Cc2cccnc2)c(=O)c2ccccc12. The van der Waals surface area contributed by atoms with Crippen molar-refractivity contribution in [2.24, 2.45) is 0 Å². The van der Waals surface area contributed by atoms with Crippen LogP contribution in [0.5, 0.6) is 0 Å². The van der Waals surface area contributed by atoms with Gasteiger partial charge in [-0.1, -0.05) is 31.2 Å². The fourth-order valence-corrected chi connectivity index (χ4v) is 2.51. The molecule has 0 unspecified atom stereocenters. The third kappa shape index (κ3) is 3.32. The molecule has 24 heavy (non-hydrogen) atoms. The van der Waals surface area contributed by atoms with E-state index in [2.05, 4.69) is 15.4 Å². The van der Waals surface area contributed by atoms with E-state index < -0.39 is 0 Å². The summed E-state index contributed by atoms with van der Waals surface area (Å²) in [5.74, 6) is -0.0501. The third-order valence-corrected chi connectivity index (χ3v) is 3.77. The van der Waals surface area contributed by atoms with Crippen LogP contribution in [0.2, 0.25) is 0 Å².